The standard InChI is InChI=1S/C22H22N4O3S/c1-4-26-21(28)15-10-7-6-9-14(15)18(25-26)13(3)20(27)24-22-23-19-16(29-5-2)11-8-12-17(19)30-22/h6-13H,4-5H2,1-3H3,(H,23,24,27)/t13-/m0/s1. The van der Waals surface area contributed by atoms with Crippen LogP contribution in [0.1, 0.15) is 32.4 Å². The van der Waals surface area contributed by atoms with Crippen LogP contribution >= 0.6 is 11.3 Å². The van der Waals surface area contributed by atoms with Crippen LogP contribution in [-0.2, 0) is 11.3 Å². The largest absolute Gasteiger partial charge is 0.492 e. The lowest BCUT2D eigenvalue weighted by Crippen LogP contribution is -2.27. The normalized spacial score (nSPS) is 12.2. The number of rotatable bonds is 6. The highest BCUT2D eigenvalue weighted by molar-refractivity contribution is 7.22. The summed E-state index contributed by atoms with van der Waals surface area (Å²) in [5.41, 5.74) is 1.15. The Morgan fingerprint density at radius 1 is 1.17 bits per heavy atom. The maximum atomic E-state index is 13.0. The van der Waals surface area contributed by atoms with E-state index in [1.165, 1.54) is 16.0 Å². The summed E-state index contributed by atoms with van der Waals surface area (Å²) in [6, 6.07) is 13.0. The second kappa shape index (κ2) is 8.23. The fourth-order valence-electron chi connectivity index (χ4n) is 3.38. The molecule has 0 unspecified atom stereocenters. The maximum Gasteiger partial charge on any atom is 0.274 e. The first-order chi connectivity index (χ1) is 14.5. The summed E-state index contributed by atoms with van der Waals surface area (Å²) in [7, 11) is 0. The number of carbonyl (C=O) groups excluding carboxylic acids is 1. The average Bonchev–Trinajstić information content (AvgIpc) is 3.17. The van der Waals surface area contributed by atoms with Crippen molar-refractivity contribution in [3.8, 4) is 5.75 Å². The molecule has 0 bridgehead atoms. The number of anilines is 1. The molecule has 0 saturated carbocycles. The van der Waals surface area contributed by atoms with E-state index < -0.39 is 5.92 Å². The first-order valence-electron chi connectivity index (χ1n) is 9.86. The van der Waals surface area contributed by atoms with Crippen LogP contribution in [-0.4, -0.2) is 27.3 Å². The summed E-state index contributed by atoms with van der Waals surface area (Å²) < 4.78 is 7.96. The Morgan fingerprint density at radius 2 is 1.93 bits per heavy atom. The highest BCUT2D eigenvalue weighted by atomic mass is 32.1. The van der Waals surface area contributed by atoms with Gasteiger partial charge >= 0.3 is 0 Å². The minimum absolute atomic E-state index is 0.154. The van der Waals surface area contributed by atoms with Crippen molar-refractivity contribution in [1.82, 2.24) is 14.8 Å². The Bertz CT molecular complexity index is 1290. The number of hydrogen-bond acceptors (Lipinski definition) is 6. The Hall–Kier alpha value is -3.26. The van der Waals surface area contributed by atoms with E-state index in [4.69, 9.17) is 4.74 Å². The van der Waals surface area contributed by atoms with Gasteiger partial charge in [-0.25, -0.2) is 9.67 Å². The molecule has 0 radical (unpaired) electrons. The van der Waals surface area contributed by atoms with Gasteiger partial charge in [0.15, 0.2) is 5.13 Å². The van der Waals surface area contributed by atoms with Gasteiger partial charge in [0, 0.05) is 11.9 Å². The number of hydrogen-bond donors (Lipinski definition) is 1. The van der Waals surface area contributed by atoms with Gasteiger partial charge in [0.25, 0.3) is 5.56 Å². The van der Waals surface area contributed by atoms with Crippen molar-refractivity contribution in [2.24, 2.45) is 0 Å². The molecule has 4 rings (SSSR count). The van der Waals surface area contributed by atoms with E-state index in [0.29, 0.717) is 40.5 Å². The maximum absolute atomic E-state index is 13.0. The summed E-state index contributed by atoms with van der Waals surface area (Å²) in [5.74, 6) is -0.0971. The van der Waals surface area contributed by atoms with Crippen LogP contribution in [0.5, 0.6) is 5.75 Å². The van der Waals surface area contributed by atoms with Gasteiger partial charge in [-0.05, 0) is 39.0 Å². The zero-order chi connectivity index (χ0) is 21.3. The number of fused-ring (bicyclic) bond motifs is 2. The molecule has 2 aromatic carbocycles. The van der Waals surface area contributed by atoms with Crippen LogP contribution in [0.25, 0.3) is 21.0 Å². The molecule has 0 fully saturated rings. The van der Waals surface area contributed by atoms with Crippen molar-refractivity contribution < 1.29 is 9.53 Å². The highest BCUT2D eigenvalue weighted by Crippen LogP contribution is 2.33. The number of aromatic nitrogens is 3. The summed E-state index contributed by atoms with van der Waals surface area (Å²) in [4.78, 5) is 30.1. The minimum atomic E-state index is -0.563. The molecule has 30 heavy (non-hydrogen) atoms. The molecule has 2 aromatic heterocycles. The lowest BCUT2D eigenvalue weighted by atomic mass is 10.0. The zero-order valence-electron chi connectivity index (χ0n) is 17.0. The fourth-order valence-corrected chi connectivity index (χ4v) is 4.27. The number of nitrogens with one attached hydrogen (secondary N) is 1. The Kier molecular flexibility index (Phi) is 5.50. The van der Waals surface area contributed by atoms with Crippen LogP contribution < -0.4 is 15.6 Å². The number of ether oxygens (including phenoxy) is 1. The van der Waals surface area contributed by atoms with Crippen molar-refractivity contribution in [2.45, 2.75) is 33.2 Å². The van der Waals surface area contributed by atoms with Crippen LogP contribution in [0.3, 0.4) is 0 Å². The van der Waals surface area contributed by atoms with Crippen molar-refractivity contribution in [3.05, 3.63) is 58.5 Å². The van der Waals surface area contributed by atoms with Gasteiger partial charge in [-0.15, -0.1) is 0 Å². The molecule has 0 aliphatic carbocycles. The molecule has 154 valence electrons. The quantitative estimate of drug-likeness (QED) is 0.504. The predicted octanol–water partition coefficient (Wildman–Crippen LogP) is 4.17. The molecule has 0 aliphatic heterocycles. The summed E-state index contributed by atoms with van der Waals surface area (Å²) in [6.45, 7) is 6.54. The SMILES string of the molecule is CCOc1cccc2sc(NC(=O)[C@@H](C)c3nn(CC)c(=O)c4ccccc34)nc12. The smallest absolute Gasteiger partial charge is 0.274 e. The number of carbonyl (C=O) groups is 1. The molecular formula is C22H22N4O3S. The van der Waals surface area contributed by atoms with Gasteiger partial charge in [0.2, 0.25) is 5.91 Å². The number of benzene rings is 2. The molecule has 1 amide bonds. The Morgan fingerprint density at radius 3 is 2.67 bits per heavy atom. The zero-order valence-corrected chi connectivity index (χ0v) is 17.8. The molecule has 1 atom stereocenters. The van der Waals surface area contributed by atoms with Crippen molar-refractivity contribution in [1.29, 1.82) is 0 Å². The summed E-state index contributed by atoms with van der Waals surface area (Å²) in [6.07, 6.45) is 0. The molecule has 2 heterocycles. The third-order valence-corrected chi connectivity index (χ3v) is 5.85. The molecule has 0 saturated heterocycles. The monoisotopic (exact) mass is 422 g/mol. The number of thiazole rings is 1. The van der Waals surface area contributed by atoms with Gasteiger partial charge in [0.1, 0.15) is 11.3 Å². The third-order valence-electron chi connectivity index (χ3n) is 4.91. The highest BCUT2D eigenvalue weighted by Gasteiger charge is 2.23. The van der Waals surface area contributed by atoms with Crippen molar-refractivity contribution in [3.63, 3.8) is 0 Å². The molecule has 8 heteroatoms. The van der Waals surface area contributed by atoms with E-state index in [2.05, 4.69) is 15.4 Å². The second-order valence-electron chi connectivity index (χ2n) is 6.82. The van der Waals surface area contributed by atoms with Gasteiger partial charge < -0.3 is 10.1 Å². The lowest BCUT2D eigenvalue weighted by Gasteiger charge is -2.14. The Labute approximate surface area is 177 Å². The van der Waals surface area contributed by atoms with Crippen molar-refractivity contribution >= 4 is 43.4 Å². The lowest BCUT2D eigenvalue weighted by molar-refractivity contribution is -0.117. The van der Waals surface area contributed by atoms with Crippen LogP contribution in [0.4, 0.5) is 5.13 Å². The molecule has 0 aliphatic rings. The number of amides is 1. The number of nitrogens with zero attached hydrogens (tertiary/aromatic N) is 3. The number of para-hydroxylation sites is 1. The van der Waals surface area contributed by atoms with Crippen LogP contribution in [0, 0.1) is 0 Å². The van der Waals surface area contributed by atoms with Gasteiger partial charge in [0.05, 0.1) is 28.3 Å². The number of aryl methyl sites for hydroxylation is 1. The molecule has 4 aromatic rings. The van der Waals surface area contributed by atoms with E-state index in [0.717, 1.165) is 10.2 Å². The first kappa shape index (κ1) is 20.0. The molecular weight excluding hydrogens is 400 g/mol. The summed E-state index contributed by atoms with van der Waals surface area (Å²) >= 11 is 1.39. The van der Waals surface area contributed by atoms with E-state index >= 15 is 0 Å². The predicted molar refractivity (Wildman–Crippen MR) is 120 cm³/mol. The average molecular weight is 423 g/mol. The van der Waals surface area contributed by atoms with Gasteiger partial charge in [-0.1, -0.05) is 35.6 Å². The van der Waals surface area contributed by atoms with Crippen LogP contribution in [0.2, 0.25) is 0 Å². The third kappa shape index (κ3) is 3.54. The molecule has 1 N–H and O–H groups in total. The first-order valence-corrected chi connectivity index (χ1v) is 10.7. The van der Waals surface area contributed by atoms with E-state index in [1.807, 2.05) is 50.2 Å². The van der Waals surface area contributed by atoms with Crippen molar-refractivity contribution in [2.75, 3.05) is 11.9 Å². The Balaban J connectivity index is 1.68. The molecule has 7 nitrogen and oxygen atoms in total. The van der Waals surface area contributed by atoms with Crippen LogP contribution in [0.15, 0.2) is 47.3 Å². The van der Waals surface area contributed by atoms with Gasteiger partial charge in [-0.3, -0.25) is 9.59 Å². The summed E-state index contributed by atoms with van der Waals surface area (Å²) in [5, 5.41) is 9.13. The van der Waals surface area contributed by atoms with E-state index in [1.54, 1.807) is 13.0 Å². The molecule has 0 spiro atoms. The fraction of sp³-hybridized carbons (Fsp3) is 0.273. The van der Waals surface area contributed by atoms with E-state index in [-0.39, 0.29) is 11.5 Å². The minimum Gasteiger partial charge on any atom is -0.492 e. The topological polar surface area (TPSA) is 86.1 Å². The van der Waals surface area contributed by atoms with Gasteiger partial charge in [-0.2, -0.15) is 5.10 Å². The van der Waals surface area contributed by atoms with E-state index in [9.17, 15) is 9.59 Å². The second-order valence-corrected chi connectivity index (χ2v) is 7.85.